The summed E-state index contributed by atoms with van der Waals surface area (Å²) >= 11 is 0. The van der Waals surface area contributed by atoms with Gasteiger partial charge in [0.15, 0.2) is 5.82 Å². The van der Waals surface area contributed by atoms with Crippen molar-refractivity contribution in [3.8, 4) is 6.01 Å². The Bertz CT molecular complexity index is 573. The molecule has 114 valence electrons. The van der Waals surface area contributed by atoms with Gasteiger partial charge in [0.05, 0.1) is 6.61 Å². The summed E-state index contributed by atoms with van der Waals surface area (Å²) in [6.07, 6.45) is 1.44. The number of ether oxygens (including phenoxy) is 1. The minimum Gasteiger partial charge on any atom is -0.463 e. The molecule has 0 fully saturated rings. The van der Waals surface area contributed by atoms with Gasteiger partial charge in [-0.15, -0.1) is 0 Å². The Morgan fingerprint density at radius 2 is 2.00 bits per heavy atom. The summed E-state index contributed by atoms with van der Waals surface area (Å²) in [4.78, 5) is 16.3. The minimum absolute atomic E-state index is 0.220. The Morgan fingerprint density at radius 3 is 2.67 bits per heavy atom. The number of anilines is 2. The standard InChI is InChI=1S/C11H18N8O2/c1-3-6-20-11-16-9(15-10(17-11)18-12)13-5-4-8-14-7(2)21-19-8/h3-6,12H2,1-2H3,(H2,13,15,16,17,18). The molecule has 0 atom stereocenters. The van der Waals surface area contributed by atoms with Crippen LogP contribution in [0.3, 0.4) is 0 Å². The summed E-state index contributed by atoms with van der Waals surface area (Å²) in [7, 11) is 0. The Kier molecular flexibility index (Phi) is 5.21. The largest absolute Gasteiger partial charge is 0.463 e. The first kappa shape index (κ1) is 14.9. The second-order valence-corrected chi connectivity index (χ2v) is 4.16. The van der Waals surface area contributed by atoms with Crippen LogP contribution in [0.25, 0.3) is 0 Å². The number of rotatable bonds is 8. The maximum absolute atomic E-state index is 5.37. The van der Waals surface area contributed by atoms with Crippen LogP contribution < -0.4 is 21.3 Å². The van der Waals surface area contributed by atoms with E-state index in [1.165, 1.54) is 0 Å². The monoisotopic (exact) mass is 294 g/mol. The molecule has 2 aromatic rings. The molecule has 0 radical (unpaired) electrons. The van der Waals surface area contributed by atoms with Gasteiger partial charge >= 0.3 is 6.01 Å². The van der Waals surface area contributed by atoms with Crippen molar-refractivity contribution in [2.75, 3.05) is 23.9 Å². The quantitative estimate of drug-likeness (QED) is 0.460. The van der Waals surface area contributed by atoms with Gasteiger partial charge in [0.25, 0.3) is 0 Å². The van der Waals surface area contributed by atoms with E-state index in [0.29, 0.717) is 37.2 Å². The number of hydrogen-bond donors (Lipinski definition) is 3. The summed E-state index contributed by atoms with van der Waals surface area (Å²) in [6, 6.07) is 0.220. The summed E-state index contributed by atoms with van der Waals surface area (Å²) in [5, 5.41) is 6.84. The third kappa shape index (κ3) is 4.53. The zero-order valence-corrected chi connectivity index (χ0v) is 12.0. The van der Waals surface area contributed by atoms with Gasteiger partial charge in [-0.05, 0) is 6.42 Å². The van der Waals surface area contributed by atoms with Crippen LogP contribution in [0.4, 0.5) is 11.9 Å². The second kappa shape index (κ2) is 7.33. The molecule has 0 saturated heterocycles. The predicted molar refractivity (Wildman–Crippen MR) is 74.7 cm³/mol. The molecule has 0 amide bonds. The van der Waals surface area contributed by atoms with Crippen molar-refractivity contribution in [3.63, 3.8) is 0 Å². The molecule has 10 nitrogen and oxygen atoms in total. The molecular weight excluding hydrogens is 276 g/mol. The third-order valence-electron chi connectivity index (χ3n) is 2.38. The second-order valence-electron chi connectivity index (χ2n) is 4.16. The molecule has 0 aliphatic carbocycles. The lowest BCUT2D eigenvalue weighted by Gasteiger charge is -2.08. The van der Waals surface area contributed by atoms with Crippen LogP contribution in [-0.2, 0) is 6.42 Å². The SMILES string of the molecule is CCCOc1nc(NN)nc(NCCc2noc(C)n2)n1. The van der Waals surface area contributed by atoms with E-state index in [-0.39, 0.29) is 12.0 Å². The van der Waals surface area contributed by atoms with E-state index in [4.69, 9.17) is 15.1 Å². The Morgan fingerprint density at radius 1 is 1.19 bits per heavy atom. The van der Waals surface area contributed by atoms with Gasteiger partial charge in [-0.3, -0.25) is 5.43 Å². The third-order valence-corrected chi connectivity index (χ3v) is 2.38. The van der Waals surface area contributed by atoms with E-state index in [9.17, 15) is 0 Å². The number of nitrogens with one attached hydrogen (secondary N) is 2. The summed E-state index contributed by atoms with van der Waals surface area (Å²) in [5.41, 5.74) is 2.37. The highest BCUT2D eigenvalue weighted by Crippen LogP contribution is 2.10. The number of nitrogens with two attached hydrogens (primary N) is 1. The molecule has 2 rings (SSSR count). The predicted octanol–water partition coefficient (Wildman–Crippen LogP) is 0.292. The fourth-order valence-corrected chi connectivity index (χ4v) is 1.49. The Balaban J connectivity index is 1.94. The fraction of sp³-hybridized carbons (Fsp3) is 0.545. The van der Waals surface area contributed by atoms with Crippen LogP contribution in [0.15, 0.2) is 4.52 Å². The molecule has 21 heavy (non-hydrogen) atoms. The topological polar surface area (TPSA) is 137 Å². The molecule has 2 aromatic heterocycles. The van der Waals surface area contributed by atoms with Crippen LogP contribution in [0.2, 0.25) is 0 Å². The lowest BCUT2D eigenvalue weighted by atomic mass is 10.4. The molecule has 0 spiro atoms. The molecule has 0 aromatic carbocycles. The molecule has 4 N–H and O–H groups in total. The average molecular weight is 294 g/mol. The van der Waals surface area contributed by atoms with Crippen molar-refractivity contribution in [3.05, 3.63) is 11.7 Å². The summed E-state index contributed by atoms with van der Waals surface area (Å²) < 4.78 is 10.3. The van der Waals surface area contributed by atoms with Gasteiger partial charge in [-0.1, -0.05) is 12.1 Å². The summed E-state index contributed by atoms with van der Waals surface area (Å²) in [6.45, 7) is 4.80. The van der Waals surface area contributed by atoms with Crippen molar-refractivity contribution in [1.29, 1.82) is 0 Å². The van der Waals surface area contributed by atoms with E-state index in [2.05, 4.69) is 35.8 Å². The highest BCUT2D eigenvalue weighted by Gasteiger charge is 2.07. The smallest absolute Gasteiger partial charge is 0.323 e. The van der Waals surface area contributed by atoms with Crippen LogP contribution in [0, 0.1) is 6.92 Å². The Labute approximate surface area is 121 Å². The molecule has 0 aliphatic heterocycles. The fourth-order valence-electron chi connectivity index (χ4n) is 1.49. The lowest BCUT2D eigenvalue weighted by Crippen LogP contribution is -2.15. The number of aryl methyl sites for hydroxylation is 1. The molecule has 10 heteroatoms. The summed E-state index contributed by atoms with van der Waals surface area (Å²) in [5.74, 6) is 7.07. The average Bonchev–Trinajstić information content (AvgIpc) is 2.90. The minimum atomic E-state index is 0.220. The highest BCUT2D eigenvalue weighted by atomic mass is 16.5. The molecule has 0 saturated carbocycles. The number of nitrogens with zero attached hydrogens (tertiary/aromatic N) is 5. The zero-order valence-electron chi connectivity index (χ0n) is 12.0. The molecule has 0 bridgehead atoms. The molecule has 2 heterocycles. The molecular formula is C11H18N8O2. The van der Waals surface area contributed by atoms with Gasteiger partial charge in [0, 0.05) is 19.9 Å². The van der Waals surface area contributed by atoms with E-state index in [0.717, 1.165) is 6.42 Å². The van der Waals surface area contributed by atoms with E-state index < -0.39 is 0 Å². The number of nitrogen functional groups attached to an aromatic ring is 1. The van der Waals surface area contributed by atoms with Crippen molar-refractivity contribution in [1.82, 2.24) is 25.1 Å². The number of hydrazine groups is 1. The van der Waals surface area contributed by atoms with Gasteiger partial charge in [-0.25, -0.2) is 5.84 Å². The van der Waals surface area contributed by atoms with Crippen LogP contribution in [0.1, 0.15) is 25.1 Å². The molecule has 0 unspecified atom stereocenters. The first-order valence-electron chi connectivity index (χ1n) is 6.59. The first-order chi connectivity index (χ1) is 10.2. The van der Waals surface area contributed by atoms with Crippen molar-refractivity contribution < 1.29 is 9.26 Å². The van der Waals surface area contributed by atoms with Crippen molar-refractivity contribution in [2.45, 2.75) is 26.7 Å². The normalized spacial score (nSPS) is 10.4. The van der Waals surface area contributed by atoms with Crippen LogP contribution in [-0.4, -0.2) is 38.2 Å². The van der Waals surface area contributed by atoms with Gasteiger partial charge in [0.2, 0.25) is 17.8 Å². The number of aromatic nitrogens is 5. The zero-order chi connectivity index (χ0) is 15.1. The van der Waals surface area contributed by atoms with Gasteiger partial charge < -0.3 is 14.6 Å². The number of hydrogen-bond acceptors (Lipinski definition) is 10. The first-order valence-corrected chi connectivity index (χ1v) is 6.59. The highest BCUT2D eigenvalue weighted by molar-refractivity contribution is 5.34. The lowest BCUT2D eigenvalue weighted by molar-refractivity contribution is 0.292. The van der Waals surface area contributed by atoms with Crippen LogP contribution in [0.5, 0.6) is 6.01 Å². The van der Waals surface area contributed by atoms with E-state index in [1.807, 2.05) is 6.92 Å². The van der Waals surface area contributed by atoms with Gasteiger partial charge in [0.1, 0.15) is 0 Å². The van der Waals surface area contributed by atoms with Crippen LogP contribution >= 0.6 is 0 Å². The maximum atomic E-state index is 5.37. The van der Waals surface area contributed by atoms with Gasteiger partial charge in [-0.2, -0.15) is 19.9 Å². The Hall–Kier alpha value is -2.49. The molecule has 0 aliphatic rings. The van der Waals surface area contributed by atoms with E-state index in [1.54, 1.807) is 6.92 Å². The maximum Gasteiger partial charge on any atom is 0.323 e. The van der Waals surface area contributed by atoms with Crippen molar-refractivity contribution >= 4 is 11.9 Å². The van der Waals surface area contributed by atoms with E-state index >= 15 is 0 Å². The van der Waals surface area contributed by atoms with Crippen molar-refractivity contribution in [2.24, 2.45) is 5.84 Å².